The van der Waals surface area contributed by atoms with Crippen LogP contribution in [-0.4, -0.2) is 0 Å². The van der Waals surface area contributed by atoms with Crippen LogP contribution >= 0.6 is 0 Å². The maximum atomic E-state index is 13.4. The molecule has 16 heavy (non-hydrogen) atoms. The van der Waals surface area contributed by atoms with Crippen molar-refractivity contribution in [1.29, 1.82) is 0 Å². The molecule has 0 heterocycles. The van der Waals surface area contributed by atoms with Crippen LogP contribution in [0.2, 0.25) is 0 Å². The van der Waals surface area contributed by atoms with Crippen LogP contribution in [-0.2, 0) is 0 Å². The van der Waals surface area contributed by atoms with Gasteiger partial charge in [-0.15, -0.1) is 0 Å². The molecule has 2 aromatic carbocycles. The number of para-hydroxylation sites is 1. The van der Waals surface area contributed by atoms with Gasteiger partial charge in [0.05, 0.1) is 5.69 Å². The zero-order chi connectivity index (χ0) is 11.7. The second-order valence-corrected chi connectivity index (χ2v) is 3.95. The molecular formula is C14H14FN. The number of nitrogens with two attached hydrogens (primary N) is 1. The number of nitrogen functional groups attached to an aromatic ring is 1. The van der Waals surface area contributed by atoms with Gasteiger partial charge in [-0.25, -0.2) is 4.39 Å². The largest absolute Gasteiger partial charge is 0.396 e. The first-order valence-electron chi connectivity index (χ1n) is 5.22. The molecule has 0 bridgehead atoms. The zero-order valence-corrected chi connectivity index (χ0v) is 9.42. The van der Waals surface area contributed by atoms with Crippen molar-refractivity contribution in [3.05, 3.63) is 53.3 Å². The third-order valence-corrected chi connectivity index (χ3v) is 2.95. The number of benzene rings is 2. The number of aryl methyl sites for hydroxylation is 1. The van der Waals surface area contributed by atoms with E-state index in [1.807, 2.05) is 38.1 Å². The molecule has 0 radical (unpaired) electrons. The van der Waals surface area contributed by atoms with Crippen LogP contribution in [0, 0.1) is 19.7 Å². The molecule has 0 aliphatic heterocycles. The summed E-state index contributed by atoms with van der Waals surface area (Å²) in [6, 6.07) is 10.9. The highest BCUT2D eigenvalue weighted by molar-refractivity contribution is 5.79. The van der Waals surface area contributed by atoms with E-state index in [-0.39, 0.29) is 11.5 Å². The fraction of sp³-hybridized carbons (Fsp3) is 0.143. The molecule has 0 saturated carbocycles. The number of hydrogen-bond donors (Lipinski definition) is 1. The molecule has 1 nitrogen and oxygen atoms in total. The quantitative estimate of drug-likeness (QED) is 0.721. The summed E-state index contributed by atoms with van der Waals surface area (Å²) >= 11 is 0. The van der Waals surface area contributed by atoms with Gasteiger partial charge in [-0.3, -0.25) is 0 Å². The van der Waals surface area contributed by atoms with E-state index < -0.39 is 0 Å². The highest BCUT2D eigenvalue weighted by Crippen LogP contribution is 2.31. The van der Waals surface area contributed by atoms with Crippen molar-refractivity contribution in [1.82, 2.24) is 0 Å². The molecule has 0 amide bonds. The minimum atomic E-state index is -0.363. The highest BCUT2D eigenvalue weighted by Gasteiger charge is 2.09. The predicted octanol–water partition coefficient (Wildman–Crippen LogP) is 3.69. The van der Waals surface area contributed by atoms with E-state index in [0.29, 0.717) is 0 Å². The molecule has 2 rings (SSSR count). The average molecular weight is 215 g/mol. The number of anilines is 1. The standard InChI is InChI=1S/C14H14FN/c1-9-5-3-6-11(10(9)2)12-7-4-8-13(15)14(12)16/h3-8H,16H2,1-2H3. The van der Waals surface area contributed by atoms with Crippen molar-refractivity contribution in [2.24, 2.45) is 0 Å². The van der Waals surface area contributed by atoms with Gasteiger partial charge in [-0.2, -0.15) is 0 Å². The van der Waals surface area contributed by atoms with Crippen LogP contribution in [0.15, 0.2) is 36.4 Å². The summed E-state index contributed by atoms with van der Waals surface area (Å²) in [6.45, 7) is 4.06. The van der Waals surface area contributed by atoms with Crippen LogP contribution in [0.1, 0.15) is 11.1 Å². The van der Waals surface area contributed by atoms with Crippen LogP contribution in [0.4, 0.5) is 10.1 Å². The van der Waals surface area contributed by atoms with E-state index in [1.54, 1.807) is 6.07 Å². The first-order valence-corrected chi connectivity index (χ1v) is 5.22. The lowest BCUT2D eigenvalue weighted by atomic mass is 9.96. The normalized spacial score (nSPS) is 10.4. The highest BCUT2D eigenvalue weighted by atomic mass is 19.1. The van der Waals surface area contributed by atoms with Crippen molar-refractivity contribution in [2.45, 2.75) is 13.8 Å². The Morgan fingerprint density at radius 2 is 1.56 bits per heavy atom. The summed E-state index contributed by atoms with van der Waals surface area (Å²) < 4.78 is 13.4. The van der Waals surface area contributed by atoms with Crippen molar-refractivity contribution in [2.75, 3.05) is 5.73 Å². The summed E-state index contributed by atoms with van der Waals surface area (Å²) in [5.41, 5.74) is 10.1. The SMILES string of the molecule is Cc1cccc(-c2cccc(F)c2N)c1C. The average Bonchev–Trinajstić information content (AvgIpc) is 2.27. The van der Waals surface area contributed by atoms with Crippen molar-refractivity contribution < 1.29 is 4.39 Å². The zero-order valence-electron chi connectivity index (χ0n) is 9.42. The third kappa shape index (κ3) is 1.67. The Morgan fingerprint density at radius 1 is 0.938 bits per heavy atom. The van der Waals surface area contributed by atoms with Gasteiger partial charge in [-0.05, 0) is 36.6 Å². The monoisotopic (exact) mass is 215 g/mol. The first-order chi connectivity index (χ1) is 7.61. The minimum Gasteiger partial charge on any atom is -0.396 e. The smallest absolute Gasteiger partial charge is 0.146 e. The Balaban J connectivity index is 2.68. The van der Waals surface area contributed by atoms with Gasteiger partial charge < -0.3 is 5.73 Å². The maximum absolute atomic E-state index is 13.4. The summed E-state index contributed by atoms with van der Waals surface area (Å²) in [6.07, 6.45) is 0. The van der Waals surface area contributed by atoms with E-state index in [1.165, 1.54) is 11.6 Å². The Hall–Kier alpha value is -1.83. The fourth-order valence-electron chi connectivity index (χ4n) is 1.81. The number of hydrogen-bond acceptors (Lipinski definition) is 1. The molecule has 0 aromatic heterocycles. The van der Waals surface area contributed by atoms with Gasteiger partial charge in [0, 0.05) is 5.56 Å². The topological polar surface area (TPSA) is 26.0 Å². The summed E-state index contributed by atoms with van der Waals surface area (Å²) in [7, 11) is 0. The molecule has 0 fully saturated rings. The summed E-state index contributed by atoms with van der Waals surface area (Å²) in [4.78, 5) is 0. The van der Waals surface area contributed by atoms with Crippen LogP contribution < -0.4 is 5.73 Å². The molecule has 0 aliphatic rings. The fourth-order valence-corrected chi connectivity index (χ4v) is 1.81. The van der Waals surface area contributed by atoms with Gasteiger partial charge in [0.25, 0.3) is 0 Å². The van der Waals surface area contributed by atoms with E-state index in [2.05, 4.69) is 0 Å². The van der Waals surface area contributed by atoms with E-state index in [9.17, 15) is 4.39 Å². The lowest BCUT2D eigenvalue weighted by molar-refractivity contribution is 0.633. The second kappa shape index (κ2) is 3.97. The second-order valence-electron chi connectivity index (χ2n) is 3.95. The Labute approximate surface area is 94.7 Å². The van der Waals surface area contributed by atoms with Gasteiger partial charge in [0.1, 0.15) is 5.82 Å². The number of rotatable bonds is 1. The summed E-state index contributed by atoms with van der Waals surface area (Å²) in [5.74, 6) is -0.363. The molecule has 2 N–H and O–H groups in total. The van der Waals surface area contributed by atoms with Gasteiger partial charge in [0.15, 0.2) is 0 Å². The van der Waals surface area contributed by atoms with Gasteiger partial charge >= 0.3 is 0 Å². The molecule has 0 atom stereocenters. The Kier molecular flexibility index (Phi) is 2.65. The lowest BCUT2D eigenvalue weighted by Crippen LogP contribution is -1.96. The first kappa shape index (κ1) is 10.7. The van der Waals surface area contributed by atoms with Gasteiger partial charge in [-0.1, -0.05) is 30.3 Å². The Bertz CT molecular complexity index is 483. The molecular weight excluding hydrogens is 201 g/mol. The van der Waals surface area contributed by atoms with Crippen molar-refractivity contribution in [3.63, 3.8) is 0 Å². The number of halogens is 1. The molecule has 0 saturated heterocycles. The maximum Gasteiger partial charge on any atom is 0.146 e. The predicted molar refractivity (Wildman–Crippen MR) is 65.7 cm³/mol. The van der Waals surface area contributed by atoms with E-state index in [0.717, 1.165) is 16.7 Å². The van der Waals surface area contributed by atoms with Crippen LogP contribution in [0.3, 0.4) is 0 Å². The molecule has 82 valence electrons. The van der Waals surface area contributed by atoms with Gasteiger partial charge in [0.2, 0.25) is 0 Å². The molecule has 0 unspecified atom stereocenters. The minimum absolute atomic E-state index is 0.219. The summed E-state index contributed by atoms with van der Waals surface area (Å²) in [5, 5.41) is 0. The van der Waals surface area contributed by atoms with E-state index >= 15 is 0 Å². The molecule has 0 spiro atoms. The van der Waals surface area contributed by atoms with E-state index in [4.69, 9.17) is 5.73 Å². The van der Waals surface area contributed by atoms with Crippen molar-refractivity contribution >= 4 is 5.69 Å². The van der Waals surface area contributed by atoms with Crippen molar-refractivity contribution in [3.8, 4) is 11.1 Å². The van der Waals surface area contributed by atoms with Crippen LogP contribution in [0.5, 0.6) is 0 Å². The third-order valence-electron chi connectivity index (χ3n) is 2.95. The molecule has 2 heteroatoms. The Morgan fingerprint density at radius 3 is 2.31 bits per heavy atom. The molecule has 0 aliphatic carbocycles. The lowest BCUT2D eigenvalue weighted by Gasteiger charge is -2.11. The molecule has 2 aromatic rings. The van der Waals surface area contributed by atoms with Crippen LogP contribution in [0.25, 0.3) is 11.1 Å².